The van der Waals surface area contributed by atoms with Crippen LogP contribution in [-0.4, -0.2) is 36.7 Å². The quantitative estimate of drug-likeness (QED) is 0.863. The molecule has 1 heterocycles. The standard InChI is InChI=1S/C22H34N4O2/c1-13-23-25-26(24-13)12-21(27)20-8-7-18-17-4-3-14-11-22(2,28)10-9-15(14)16(17)5-6-19(18)20/h14-20,28H,3-12H2,1-2H3/t14-,15+,16-,17-,18+,19+,20+,22-/m1/s1. The number of Topliss-reactive ketones (excluding diaryl/α,β-unsaturated/α-hetero) is 1. The van der Waals surface area contributed by atoms with Crippen LogP contribution in [0.4, 0.5) is 0 Å². The highest BCUT2D eigenvalue weighted by atomic mass is 16.3. The normalized spacial score (nSPS) is 45.2. The first-order chi connectivity index (χ1) is 13.4. The molecule has 0 spiro atoms. The van der Waals surface area contributed by atoms with E-state index in [-0.39, 0.29) is 12.5 Å². The Kier molecular flexibility index (Phi) is 4.61. The number of carbonyl (C=O) groups is 1. The number of hydrogen-bond acceptors (Lipinski definition) is 5. The van der Waals surface area contributed by atoms with Gasteiger partial charge >= 0.3 is 0 Å². The van der Waals surface area contributed by atoms with Crippen LogP contribution in [0, 0.1) is 48.3 Å². The number of carbonyl (C=O) groups excluding carboxylic acids is 1. The average Bonchev–Trinajstić information content (AvgIpc) is 3.26. The van der Waals surface area contributed by atoms with Gasteiger partial charge in [-0.05, 0) is 112 Å². The summed E-state index contributed by atoms with van der Waals surface area (Å²) in [5.41, 5.74) is -0.441. The molecule has 1 aromatic rings. The van der Waals surface area contributed by atoms with E-state index in [2.05, 4.69) is 15.4 Å². The highest BCUT2D eigenvalue weighted by Gasteiger charge is 2.53. The van der Waals surface area contributed by atoms with E-state index in [1.54, 1.807) is 0 Å². The average molecular weight is 387 g/mol. The number of nitrogens with zero attached hydrogens (tertiary/aromatic N) is 4. The van der Waals surface area contributed by atoms with Crippen molar-refractivity contribution in [3.05, 3.63) is 5.82 Å². The maximum absolute atomic E-state index is 13.0. The summed E-state index contributed by atoms with van der Waals surface area (Å²) in [5, 5.41) is 22.6. The van der Waals surface area contributed by atoms with Crippen LogP contribution >= 0.6 is 0 Å². The van der Waals surface area contributed by atoms with E-state index in [1.165, 1.54) is 43.3 Å². The van der Waals surface area contributed by atoms with Crippen molar-refractivity contribution in [1.29, 1.82) is 0 Å². The van der Waals surface area contributed by atoms with Crippen LogP contribution in [0.15, 0.2) is 0 Å². The van der Waals surface area contributed by atoms with Crippen molar-refractivity contribution >= 4 is 5.78 Å². The lowest BCUT2D eigenvalue weighted by Gasteiger charge is -2.54. The van der Waals surface area contributed by atoms with Gasteiger partial charge in [0.1, 0.15) is 6.54 Å². The largest absolute Gasteiger partial charge is 0.390 e. The molecular weight excluding hydrogens is 352 g/mol. The Morgan fingerprint density at radius 2 is 1.71 bits per heavy atom. The van der Waals surface area contributed by atoms with Gasteiger partial charge in [-0.3, -0.25) is 4.79 Å². The highest BCUT2D eigenvalue weighted by Crippen LogP contribution is 2.59. The first-order valence-electron chi connectivity index (χ1n) is 11.4. The zero-order valence-electron chi connectivity index (χ0n) is 17.3. The lowest BCUT2D eigenvalue weighted by molar-refractivity contribution is -0.127. The van der Waals surface area contributed by atoms with Crippen molar-refractivity contribution in [2.75, 3.05) is 0 Å². The van der Waals surface area contributed by atoms with Gasteiger partial charge in [0.05, 0.1) is 5.60 Å². The number of aryl methyl sites for hydroxylation is 1. The first-order valence-corrected chi connectivity index (χ1v) is 11.4. The van der Waals surface area contributed by atoms with E-state index >= 15 is 0 Å². The third-order valence-electron chi connectivity index (χ3n) is 8.82. The zero-order valence-corrected chi connectivity index (χ0v) is 17.3. The van der Waals surface area contributed by atoms with Crippen LogP contribution in [0.25, 0.3) is 0 Å². The molecule has 0 saturated heterocycles. The number of aromatic nitrogens is 4. The van der Waals surface area contributed by atoms with Crippen molar-refractivity contribution in [1.82, 2.24) is 20.2 Å². The molecule has 6 heteroatoms. The van der Waals surface area contributed by atoms with E-state index in [1.807, 2.05) is 13.8 Å². The monoisotopic (exact) mass is 386 g/mol. The van der Waals surface area contributed by atoms with E-state index in [0.29, 0.717) is 17.5 Å². The van der Waals surface area contributed by atoms with E-state index in [4.69, 9.17) is 0 Å². The molecule has 0 aromatic carbocycles. The van der Waals surface area contributed by atoms with E-state index in [0.717, 1.165) is 48.9 Å². The minimum Gasteiger partial charge on any atom is -0.390 e. The molecule has 0 amide bonds. The summed E-state index contributed by atoms with van der Waals surface area (Å²) in [6.07, 6.45) is 10.5. The Balaban J connectivity index is 1.27. The molecule has 0 aliphatic heterocycles. The molecule has 1 N–H and O–H groups in total. The molecule has 28 heavy (non-hydrogen) atoms. The van der Waals surface area contributed by atoms with Crippen LogP contribution in [0.1, 0.15) is 70.5 Å². The lowest BCUT2D eigenvalue weighted by atomic mass is 9.52. The number of fused-ring (bicyclic) bond motifs is 5. The molecule has 154 valence electrons. The number of hydrogen-bond donors (Lipinski definition) is 1. The van der Waals surface area contributed by atoms with E-state index < -0.39 is 5.60 Å². The van der Waals surface area contributed by atoms with Gasteiger partial charge in [0.25, 0.3) is 0 Å². The molecule has 0 radical (unpaired) electrons. The Morgan fingerprint density at radius 3 is 2.50 bits per heavy atom. The fraction of sp³-hybridized carbons (Fsp3) is 0.909. The minimum atomic E-state index is -0.441. The maximum Gasteiger partial charge on any atom is 0.171 e. The fourth-order valence-corrected chi connectivity index (χ4v) is 7.79. The summed E-state index contributed by atoms with van der Waals surface area (Å²) in [5.74, 6) is 5.63. The second kappa shape index (κ2) is 6.89. The van der Waals surface area contributed by atoms with Gasteiger partial charge < -0.3 is 5.11 Å². The summed E-state index contributed by atoms with van der Waals surface area (Å²) >= 11 is 0. The van der Waals surface area contributed by atoms with Crippen molar-refractivity contribution in [3.63, 3.8) is 0 Å². The van der Waals surface area contributed by atoms with Crippen LogP contribution in [0.3, 0.4) is 0 Å². The van der Waals surface area contributed by atoms with E-state index in [9.17, 15) is 9.90 Å². The van der Waals surface area contributed by atoms with Crippen LogP contribution in [0.5, 0.6) is 0 Å². The van der Waals surface area contributed by atoms with Crippen LogP contribution in [0.2, 0.25) is 0 Å². The van der Waals surface area contributed by atoms with Crippen molar-refractivity contribution < 1.29 is 9.90 Å². The first kappa shape index (κ1) is 18.7. The Morgan fingerprint density at radius 1 is 1.04 bits per heavy atom. The Bertz CT molecular complexity index is 745. The summed E-state index contributed by atoms with van der Waals surface area (Å²) in [7, 11) is 0. The Labute approximate surface area is 167 Å². The summed E-state index contributed by atoms with van der Waals surface area (Å²) in [6.45, 7) is 4.12. The number of aliphatic hydroxyl groups is 1. The van der Waals surface area contributed by atoms with Gasteiger partial charge in [-0.25, -0.2) is 0 Å². The predicted molar refractivity (Wildman–Crippen MR) is 104 cm³/mol. The van der Waals surface area contributed by atoms with Gasteiger partial charge in [-0.1, -0.05) is 0 Å². The minimum absolute atomic E-state index is 0.196. The van der Waals surface area contributed by atoms with Gasteiger partial charge in [0.15, 0.2) is 11.6 Å². The van der Waals surface area contributed by atoms with Crippen LogP contribution < -0.4 is 0 Å². The second-order valence-corrected chi connectivity index (χ2v) is 10.5. The number of ketones is 1. The van der Waals surface area contributed by atoms with Gasteiger partial charge in [0.2, 0.25) is 0 Å². The third-order valence-corrected chi connectivity index (χ3v) is 8.82. The van der Waals surface area contributed by atoms with Gasteiger partial charge in [-0.15, -0.1) is 10.2 Å². The molecule has 0 bridgehead atoms. The smallest absolute Gasteiger partial charge is 0.171 e. The summed E-state index contributed by atoms with van der Waals surface area (Å²) in [4.78, 5) is 14.5. The topological polar surface area (TPSA) is 80.9 Å². The van der Waals surface area contributed by atoms with Crippen molar-refractivity contribution in [3.8, 4) is 0 Å². The molecule has 4 saturated carbocycles. The summed E-state index contributed by atoms with van der Waals surface area (Å²) < 4.78 is 0. The molecule has 5 rings (SSSR count). The molecule has 4 aliphatic carbocycles. The molecule has 0 unspecified atom stereocenters. The molecule has 8 atom stereocenters. The zero-order chi connectivity index (χ0) is 19.5. The molecular formula is C22H34N4O2. The SMILES string of the molecule is Cc1nnn(CC(=O)[C@H]2CC[C@H]3[C@@H]4CC[C@@H]5C[C@](C)(O)CC[C@@H]5[C@H]4CC[C@@H]32)n1. The van der Waals surface area contributed by atoms with Crippen molar-refractivity contribution in [2.24, 2.45) is 41.4 Å². The molecule has 4 aliphatic rings. The number of tetrazole rings is 1. The fourth-order valence-electron chi connectivity index (χ4n) is 7.79. The van der Waals surface area contributed by atoms with Crippen molar-refractivity contribution in [2.45, 2.75) is 83.8 Å². The van der Waals surface area contributed by atoms with Gasteiger partial charge in [0, 0.05) is 5.92 Å². The highest BCUT2D eigenvalue weighted by molar-refractivity contribution is 5.81. The lowest BCUT2D eigenvalue weighted by Crippen LogP contribution is -2.48. The number of rotatable bonds is 3. The third kappa shape index (κ3) is 3.21. The second-order valence-electron chi connectivity index (χ2n) is 10.5. The maximum atomic E-state index is 13.0. The molecule has 6 nitrogen and oxygen atoms in total. The molecule has 4 fully saturated rings. The van der Waals surface area contributed by atoms with Crippen LogP contribution in [-0.2, 0) is 11.3 Å². The predicted octanol–water partition coefficient (Wildman–Crippen LogP) is 3.18. The summed E-state index contributed by atoms with van der Waals surface area (Å²) in [6, 6.07) is 0. The van der Waals surface area contributed by atoms with Gasteiger partial charge in [-0.2, -0.15) is 4.80 Å². The molecule has 1 aromatic heterocycles. The Hall–Kier alpha value is -1.30.